The zero-order valence-corrected chi connectivity index (χ0v) is 13.1. The highest BCUT2D eigenvalue weighted by molar-refractivity contribution is 5.88. The molecule has 0 saturated carbocycles. The summed E-state index contributed by atoms with van der Waals surface area (Å²) in [5.41, 5.74) is 0.922. The van der Waals surface area contributed by atoms with Crippen molar-refractivity contribution in [3.8, 4) is 0 Å². The number of carbonyl (C=O) groups is 1. The lowest BCUT2D eigenvalue weighted by Crippen LogP contribution is -2.26. The normalized spacial score (nSPS) is 11.1. The summed E-state index contributed by atoms with van der Waals surface area (Å²) in [5, 5.41) is 15.4. The molecule has 0 radical (unpaired) electrons. The van der Waals surface area contributed by atoms with Crippen LogP contribution in [-0.4, -0.2) is 26.6 Å². The van der Waals surface area contributed by atoms with Crippen LogP contribution in [0.1, 0.15) is 37.0 Å². The van der Waals surface area contributed by atoms with E-state index in [-0.39, 0.29) is 11.1 Å². The van der Waals surface area contributed by atoms with Crippen molar-refractivity contribution in [1.82, 2.24) is 9.97 Å². The molecular formula is C16H20N4O2. The van der Waals surface area contributed by atoms with Gasteiger partial charge in [0.05, 0.1) is 5.56 Å². The predicted molar refractivity (Wildman–Crippen MR) is 86.8 cm³/mol. The fraction of sp³-hybridized carbons (Fsp3) is 0.312. The summed E-state index contributed by atoms with van der Waals surface area (Å²) in [6, 6.07) is 8.33. The number of carboxylic acid groups (broad SMARTS) is 1. The van der Waals surface area contributed by atoms with Gasteiger partial charge in [-0.25, -0.2) is 14.8 Å². The SMILES string of the molecule is Cc1nc(Nc2ccc(C(=O)O)cc2)cc(NC(C)(C)C)n1. The number of nitrogens with zero attached hydrogens (tertiary/aromatic N) is 2. The van der Waals surface area contributed by atoms with Gasteiger partial charge in [0.1, 0.15) is 17.5 Å². The number of aromatic carboxylic acids is 1. The van der Waals surface area contributed by atoms with E-state index >= 15 is 0 Å². The molecule has 3 N–H and O–H groups in total. The van der Waals surface area contributed by atoms with Crippen molar-refractivity contribution in [3.05, 3.63) is 41.7 Å². The maximum Gasteiger partial charge on any atom is 0.335 e. The van der Waals surface area contributed by atoms with E-state index in [1.165, 1.54) is 0 Å². The molecule has 0 unspecified atom stereocenters. The lowest BCUT2D eigenvalue weighted by molar-refractivity contribution is 0.0697. The minimum Gasteiger partial charge on any atom is -0.478 e. The van der Waals surface area contributed by atoms with Crippen LogP contribution in [0.15, 0.2) is 30.3 Å². The van der Waals surface area contributed by atoms with E-state index in [1.54, 1.807) is 24.3 Å². The van der Waals surface area contributed by atoms with Crippen LogP contribution in [0.3, 0.4) is 0 Å². The Morgan fingerprint density at radius 3 is 2.23 bits per heavy atom. The fourth-order valence-corrected chi connectivity index (χ4v) is 1.92. The van der Waals surface area contributed by atoms with Gasteiger partial charge in [-0.1, -0.05) is 0 Å². The molecule has 2 rings (SSSR count). The van der Waals surface area contributed by atoms with E-state index in [2.05, 4.69) is 41.4 Å². The zero-order chi connectivity index (χ0) is 16.3. The van der Waals surface area contributed by atoms with Gasteiger partial charge >= 0.3 is 5.97 Å². The van der Waals surface area contributed by atoms with Crippen molar-refractivity contribution in [3.63, 3.8) is 0 Å². The van der Waals surface area contributed by atoms with Crippen LogP contribution in [0.2, 0.25) is 0 Å². The molecule has 116 valence electrons. The summed E-state index contributed by atoms with van der Waals surface area (Å²) in [6.45, 7) is 8.00. The summed E-state index contributed by atoms with van der Waals surface area (Å²) >= 11 is 0. The Morgan fingerprint density at radius 2 is 1.68 bits per heavy atom. The van der Waals surface area contributed by atoms with Gasteiger partial charge in [0.15, 0.2) is 0 Å². The third-order valence-corrected chi connectivity index (χ3v) is 2.75. The molecule has 0 atom stereocenters. The Morgan fingerprint density at radius 1 is 1.09 bits per heavy atom. The lowest BCUT2D eigenvalue weighted by Gasteiger charge is -2.21. The molecule has 0 aliphatic rings. The summed E-state index contributed by atoms with van der Waals surface area (Å²) < 4.78 is 0. The van der Waals surface area contributed by atoms with Crippen LogP contribution in [-0.2, 0) is 0 Å². The van der Waals surface area contributed by atoms with E-state index in [0.717, 1.165) is 11.5 Å². The smallest absolute Gasteiger partial charge is 0.335 e. The van der Waals surface area contributed by atoms with Crippen molar-refractivity contribution < 1.29 is 9.90 Å². The number of rotatable bonds is 4. The first-order valence-electron chi connectivity index (χ1n) is 6.97. The molecule has 1 aromatic carbocycles. The molecule has 0 aliphatic carbocycles. The molecule has 0 fully saturated rings. The fourth-order valence-electron chi connectivity index (χ4n) is 1.92. The molecule has 0 bridgehead atoms. The molecule has 1 aromatic heterocycles. The van der Waals surface area contributed by atoms with Crippen molar-refractivity contribution in [1.29, 1.82) is 0 Å². The Kier molecular flexibility index (Phi) is 4.30. The van der Waals surface area contributed by atoms with Crippen LogP contribution in [0.4, 0.5) is 17.3 Å². The Balaban J connectivity index is 2.20. The maximum atomic E-state index is 10.8. The number of anilines is 3. The number of aromatic nitrogens is 2. The van der Waals surface area contributed by atoms with E-state index in [1.807, 2.05) is 13.0 Å². The van der Waals surface area contributed by atoms with Gasteiger partial charge in [-0.05, 0) is 52.0 Å². The van der Waals surface area contributed by atoms with Gasteiger partial charge in [-0.3, -0.25) is 0 Å². The number of hydrogen-bond donors (Lipinski definition) is 3. The Hall–Kier alpha value is -2.63. The first kappa shape index (κ1) is 15.8. The van der Waals surface area contributed by atoms with Crippen LogP contribution < -0.4 is 10.6 Å². The van der Waals surface area contributed by atoms with Gasteiger partial charge < -0.3 is 15.7 Å². The number of carboxylic acids is 1. The average molecular weight is 300 g/mol. The minimum absolute atomic E-state index is 0.0960. The van der Waals surface area contributed by atoms with Crippen LogP contribution >= 0.6 is 0 Å². The van der Waals surface area contributed by atoms with E-state index < -0.39 is 5.97 Å². The molecule has 1 heterocycles. The molecule has 6 nitrogen and oxygen atoms in total. The standard InChI is InChI=1S/C16H20N4O2/c1-10-17-13(9-14(18-10)20-16(2,3)4)19-12-7-5-11(6-8-12)15(21)22/h5-9H,1-4H3,(H,21,22)(H2,17,18,19,20). The molecule has 0 spiro atoms. The maximum absolute atomic E-state index is 10.8. The highest BCUT2D eigenvalue weighted by Gasteiger charge is 2.12. The average Bonchev–Trinajstić information content (AvgIpc) is 2.36. The number of aryl methyl sites for hydroxylation is 1. The second-order valence-electron chi connectivity index (χ2n) is 6.07. The van der Waals surface area contributed by atoms with Crippen molar-refractivity contribution in [2.45, 2.75) is 33.2 Å². The summed E-state index contributed by atoms with van der Waals surface area (Å²) in [6.07, 6.45) is 0. The van der Waals surface area contributed by atoms with E-state index in [0.29, 0.717) is 11.6 Å². The van der Waals surface area contributed by atoms with E-state index in [9.17, 15) is 4.79 Å². The molecular weight excluding hydrogens is 280 g/mol. The van der Waals surface area contributed by atoms with Crippen molar-refractivity contribution in [2.75, 3.05) is 10.6 Å². The second kappa shape index (κ2) is 6.01. The van der Waals surface area contributed by atoms with Gasteiger partial charge in [0, 0.05) is 17.3 Å². The van der Waals surface area contributed by atoms with Crippen LogP contribution in [0.25, 0.3) is 0 Å². The molecule has 22 heavy (non-hydrogen) atoms. The van der Waals surface area contributed by atoms with Gasteiger partial charge in [-0.15, -0.1) is 0 Å². The molecule has 6 heteroatoms. The quantitative estimate of drug-likeness (QED) is 0.801. The zero-order valence-electron chi connectivity index (χ0n) is 13.1. The number of benzene rings is 1. The van der Waals surface area contributed by atoms with Gasteiger partial charge in [0.25, 0.3) is 0 Å². The highest BCUT2D eigenvalue weighted by Crippen LogP contribution is 2.20. The van der Waals surface area contributed by atoms with Crippen molar-refractivity contribution in [2.24, 2.45) is 0 Å². The van der Waals surface area contributed by atoms with Crippen LogP contribution in [0, 0.1) is 6.92 Å². The van der Waals surface area contributed by atoms with E-state index in [4.69, 9.17) is 5.11 Å². The first-order chi connectivity index (χ1) is 10.2. The molecule has 0 amide bonds. The number of nitrogens with one attached hydrogen (secondary N) is 2. The van der Waals surface area contributed by atoms with Gasteiger partial charge in [-0.2, -0.15) is 0 Å². The molecule has 0 aliphatic heterocycles. The second-order valence-corrected chi connectivity index (χ2v) is 6.07. The third kappa shape index (κ3) is 4.44. The topological polar surface area (TPSA) is 87.1 Å². The Labute approximate surface area is 129 Å². The highest BCUT2D eigenvalue weighted by atomic mass is 16.4. The molecule has 2 aromatic rings. The summed E-state index contributed by atoms with van der Waals surface area (Å²) in [4.78, 5) is 19.5. The summed E-state index contributed by atoms with van der Waals surface area (Å²) in [7, 11) is 0. The first-order valence-corrected chi connectivity index (χ1v) is 6.97. The van der Waals surface area contributed by atoms with Gasteiger partial charge in [0.2, 0.25) is 0 Å². The van der Waals surface area contributed by atoms with Crippen molar-refractivity contribution >= 4 is 23.3 Å². The van der Waals surface area contributed by atoms with Crippen LogP contribution in [0.5, 0.6) is 0 Å². The Bertz CT molecular complexity index is 676. The monoisotopic (exact) mass is 300 g/mol. The number of hydrogen-bond acceptors (Lipinski definition) is 5. The molecule has 0 saturated heterocycles. The lowest BCUT2D eigenvalue weighted by atomic mass is 10.1. The third-order valence-electron chi connectivity index (χ3n) is 2.75. The predicted octanol–water partition coefficient (Wildman–Crippen LogP) is 3.44. The minimum atomic E-state index is -0.943. The largest absolute Gasteiger partial charge is 0.478 e. The summed E-state index contributed by atoms with van der Waals surface area (Å²) in [5.74, 6) is 1.10.